The highest BCUT2D eigenvalue weighted by atomic mass is 19.1. The molecule has 0 amide bonds. The topological polar surface area (TPSA) is 37.9 Å². The van der Waals surface area contributed by atoms with E-state index in [1.807, 2.05) is 0 Å². The molecule has 5 rings (SSSR count). The molecule has 1 N–H and O–H groups in total. The van der Waals surface area contributed by atoms with Gasteiger partial charge in [0.05, 0.1) is 18.1 Å². The molecule has 4 aromatic rings. The van der Waals surface area contributed by atoms with Crippen LogP contribution in [0.25, 0.3) is 33.5 Å². The van der Waals surface area contributed by atoms with Gasteiger partial charge in [-0.15, -0.1) is 0 Å². The van der Waals surface area contributed by atoms with Gasteiger partial charge in [-0.2, -0.15) is 0 Å². The van der Waals surface area contributed by atoms with Crippen LogP contribution < -0.4 is 4.74 Å². The smallest absolute Gasteiger partial charge is 0.167 e. The summed E-state index contributed by atoms with van der Waals surface area (Å²) < 4.78 is 19.0. The molecule has 0 spiro atoms. The lowest BCUT2D eigenvalue weighted by Gasteiger charge is -2.07. The third-order valence-corrected chi connectivity index (χ3v) is 4.83. The zero-order chi connectivity index (χ0) is 17.0. The summed E-state index contributed by atoms with van der Waals surface area (Å²) in [5.74, 6) is 0.555. The van der Waals surface area contributed by atoms with E-state index in [1.54, 1.807) is 6.07 Å². The summed E-state index contributed by atoms with van der Waals surface area (Å²) in [4.78, 5) is 7.94. The fourth-order valence-corrected chi connectivity index (χ4v) is 3.68. The molecule has 0 saturated heterocycles. The molecule has 0 fully saturated rings. The summed E-state index contributed by atoms with van der Waals surface area (Å²) in [6, 6.07) is 17.8. The Bertz CT molecular complexity index is 1130. The summed E-state index contributed by atoms with van der Waals surface area (Å²) in [6.45, 7) is 0. The number of H-pyrrole nitrogens is 1. The summed E-state index contributed by atoms with van der Waals surface area (Å²) in [6.07, 6.45) is 0.933. The molecule has 0 radical (unpaired) electrons. The van der Waals surface area contributed by atoms with Gasteiger partial charge in [-0.25, -0.2) is 9.37 Å². The van der Waals surface area contributed by atoms with Crippen molar-refractivity contribution < 1.29 is 9.13 Å². The summed E-state index contributed by atoms with van der Waals surface area (Å²) in [5.41, 5.74) is 7.48. The molecule has 25 heavy (non-hydrogen) atoms. The van der Waals surface area contributed by atoms with Gasteiger partial charge < -0.3 is 9.72 Å². The Kier molecular flexibility index (Phi) is 2.95. The van der Waals surface area contributed by atoms with Gasteiger partial charge in [0.15, 0.2) is 11.6 Å². The molecule has 1 aliphatic carbocycles. The monoisotopic (exact) mass is 330 g/mol. The third-order valence-electron chi connectivity index (χ3n) is 4.83. The van der Waals surface area contributed by atoms with Gasteiger partial charge >= 0.3 is 0 Å². The molecule has 3 aromatic carbocycles. The number of methoxy groups -OCH3 is 1. The lowest BCUT2D eigenvalue weighted by Crippen LogP contribution is -1.87. The summed E-state index contributed by atoms with van der Waals surface area (Å²) >= 11 is 0. The highest BCUT2D eigenvalue weighted by molar-refractivity contribution is 5.91. The Hall–Kier alpha value is -3.14. The van der Waals surface area contributed by atoms with Crippen LogP contribution in [-0.2, 0) is 6.42 Å². The number of rotatable bonds is 2. The van der Waals surface area contributed by atoms with E-state index >= 15 is 0 Å². The van der Waals surface area contributed by atoms with Crippen LogP contribution in [0.3, 0.4) is 0 Å². The summed E-state index contributed by atoms with van der Waals surface area (Å²) in [5, 5.41) is 0. The van der Waals surface area contributed by atoms with Crippen molar-refractivity contribution >= 4 is 11.0 Å². The normalized spacial score (nSPS) is 12.2. The zero-order valence-electron chi connectivity index (χ0n) is 13.6. The van der Waals surface area contributed by atoms with Crippen molar-refractivity contribution in [3.05, 3.63) is 71.5 Å². The van der Waals surface area contributed by atoms with Crippen LogP contribution >= 0.6 is 0 Å². The quantitative estimate of drug-likeness (QED) is 0.497. The van der Waals surface area contributed by atoms with E-state index in [-0.39, 0.29) is 5.75 Å². The van der Waals surface area contributed by atoms with Gasteiger partial charge in [-0.1, -0.05) is 42.5 Å². The first-order valence-electron chi connectivity index (χ1n) is 8.18. The Morgan fingerprint density at radius 2 is 1.80 bits per heavy atom. The van der Waals surface area contributed by atoms with E-state index in [1.165, 1.54) is 35.4 Å². The molecule has 0 bridgehead atoms. The van der Waals surface area contributed by atoms with Crippen molar-refractivity contribution in [1.29, 1.82) is 0 Å². The molecule has 0 aliphatic heterocycles. The van der Waals surface area contributed by atoms with E-state index in [9.17, 15) is 4.39 Å². The van der Waals surface area contributed by atoms with Crippen LogP contribution in [0.5, 0.6) is 5.75 Å². The first-order chi connectivity index (χ1) is 12.2. The second-order valence-electron chi connectivity index (χ2n) is 6.26. The van der Waals surface area contributed by atoms with Crippen molar-refractivity contribution in [2.24, 2.45) is 0 Å². The number of nitrogens with zero attached hydrogens (tertiary/aromatic N) is 1. The van der Waals surface area contributed by atoms with Crippen LogP contribution in [0.2, 0.25) is 0 Å². The van der Waals surface area contributed by atoms with Crippen molar-refractivity contribution in [2.75, 3.05) is 7.11 Å². The van der Waals surface area contributed by atoms with Gasteiger partial charge in [0.1, 0.15) is 5.82 Å². The van der Waals surface area contributed by atoms with Crippen molar-refractivity contribution in [1.82, 2.24) is 9.97 Å². The first kappa shape index (κ1) is 14.2. The standard InChI is InChI=1S/C21H15FN2O/c1-25-19-11-18-17(10-16(19)22)23-21(24-18)15-8-4-6-13-9-12-5-2-3-7-14(12)20(13)15/h2-8,10-11H,9H2,1H3,(H,23,24). The fraction of sp³-hybridized carbons (Fsp3) is 0.0952. The van der Waals surface area contributed by atoms with Gasteiger partial charge in [0.2, 0.25) is 0 Å². The van der Waals surface area contributed by atoms with Gasteiger partial charge in [0.25, 0.3) is 0 Å². The molecular formula is C21H15FN2O. The predicted molar refractivity (Wildman–Crippen MR) is 96.3 cm³/mol. The third kappa shape index (κ3) is 2.07. The average molecular weight is 330 g/mol. The Morgan fingerprint density at radius 1 is 1.00 bits per heavy atom. The van der Waals surface area contributed by atoms with Crippen LogP contribution in [0.1, 0.15) is 11.1 Å². The number of halogens is 1. The molecule has 4 heteroatoms. The maximum absolute atomic E-state index is 14.0. The van der Waals surface area contributed by atoms with E-state index in [4.69, 9.17) is 4.74 Å². The van der Waals surface area contributed by atoms with Crippen LogP contribution in [0, 0.1) is 5.82 Å². The fourth-order valence-electron chi connectivity index (χ4n) is 3.68. The maximum Gasteiger partial charge on any atom is 0.167 e. The number of nitrogens with one attached hydrogen (secondary N) is 1. The van der Waals surface area contributed by atoms with Gasteiger partial charge in [-0.3, -0.25) is 0 Å². The zero-order valence-corrected chi connectivity index (χ0v) is 13.6. The molecule has 1 aliphatic rings. The van der Waals surface area contributed by atoms with Crippen LogP contribution in [-0.4, -0.2) is 17.1 Å². The minimum absolute atomic E-state index is 0.203. The lowest BCUT2D eigenvalue weighted by atomic mass is 9.99. The minimum Gasteiger partial charge on any atom is -0.494 e. The second-order valence-corrected chi connectivity index (χ2v) is 6.26. The number of imidazole rings is 1. The molecule has 0 saturated carbocycles. The number of ether oxygens (including phenoxy) is 1. The molecule has 0 unspecified atom stereocenters. The largest absolute Gasteiger partial charge is 0.494 e. The Labute approximate surface area is 144 Å². The van der Waals surface area contributed by atoms with E-state index in [0.717, 1.165) is 17.8 Å². The Balaban J connectivity index is 1.74. The van der Waals surface area contributed by atoms with Crippen molar-refractivity contribution in [3.8, 4) is 28.3 Å². The number of benzene rings is 3. The number of fused-ring (bicyclic) bond motifs is 4. The highest BCUT2D eigenvalue weighted by Gasteiger charge is 2.22. The number of aromatic amines is 1. The maximum atomic E-state index is 14.0. The molecule has 3 nitrogen and oxygen atoms in total. The number of aromatic nitrogens is 2. The van der Waals surface area contributed by atoms with Gasteiger partial charge in [0, 0.05) is 17.7 Å². The second kappa shape index (κ2) is 5.18. The average Bonchev–Trinajstić information content (AvgIpc) is 3.21. The Morgan fingerprint density at radius 3 is 2.68 bits per heavy atom. The predicted octanol–water partition coefficient (Wildman–Crippen LogP) is 4.95. The van der Waals surface area contributed by atoms with E-state index < -0.39 is 5.82 Å². The molecular weight excluding hydrogens is 315 g/mol. The lowest BCUT2D eigenvalue weighted by molar-refractivity contribution is 0.387. The number of hydrogen-bond acceptors (Lipinski definition) is 2. The van der Waals surface area contributed by atoms with Crippen LogP contribution in [0.4, 0.5) is 4.39 Å². The molecule has 1 heterocycles. The van der Waals surface area contributed by atoms with Crippen molar-refractivity contribution in [3.63, 3.8) is 0 Å². The van der Waals surface area contributed by atoms with Gasteiger partial charge in [-0.05, 0) is 28.7 Å². The summed E-state index contributed by atoms with van der Waals surface area (Å²) in [7, 11) is 1.46. The highest BCUT2D eigenvalue weighted by Crippen LogP contribution is 2.42. The van der Waals surface area contributed by atoms with Crippen molar-refractivity contribution in [2.45, 2.75) is 6.42 Å². The molecule has 1 aromatic heterocycles. The first-order valence-corrected chi connectivity index (χ1v) is 8.18. The number of hydrogen-bond donors (Lipinski definition) is 1. The molecule has 122 valence electrons. The van der Waals surface area contributed by atoms with Crippen LogP contribution in [0.15, 0.2) is 54.6 Å². The minimum atomic E-state index is -0.395. The van der Waals surface area contributed by atoms with E-state index in [2.05, 4.69) is 52.4 Å². The van der Waals surface area contributed by atoms with E-state index in [0.29, 0.717) is 11.0 Å². The molecule has 0 atom stereocenters. The SMILES string of the molecule is COc1cc2nc(-c3cccc4c3-c3ccccc3C4)[nH]c2cc1F.